The molecule has 0 amide bonds. The molecule has 1 aromatic heterocycles. The van der Waals surface area contributed by atoms with E-state index in [-0.39, 0.29) is 6.10 Å². The highest BCUT2D eigenvalue weighted by molar-refractivity contribution is 5.50. The first-order chi connectivity index (χ1) is 9.60. The Balaban J connectivity index is 2.25. The number of aromatic nitrogens is 1. The number of nitrogens with two attached hydrogens (primary N) is 1. The van der Waals surface area contributed by atoms with Gasteiger partial charge >= 0.3 is 0 Å². The summed E-state index contributed by atoms with van der Waals surface area (Å²) in [6.07, 6.45) is 0.920. The second-order valence-electron chi connectivity index (χ2n) is 4.77. The van der Waals surface area contributed by atoms with Gasteiger partial charge in [-0.15, -0.1) is 0 Å². The van der Waals surface area contributed by atoms with E-state index in [2.05, 4.69) is 11.9 Å². The predicted octanol–water partition coefficient (Wildman–Crippen LogP) is 3.81. The maximum atomic E-state index is 5.84. The average molecular weight is 272 g/mol. The van der Waals surface area contributed by atoms with E-state index < -0.39 is 0 Å². The lowest BCUT2D eigenvalue weighted by atomic mass is 10.1. The van der Waals surface area contributed by atoms with Crippen molar-refractivity contribution < 1.29 is 9.47 Å². The molecule has 0 saturated heterocycles. The number of ether oxygens (including phenoxy) is 2. The van der Waals surface area contributed by atoms with Crippen molar-refractivity contribution in [1.82, 2.24) is 4.98 Å². The molecule has 4 nitrogen and oxygen atoms in total. The summed E-state index contributed by atoms with van der Waals surface area (Å²) >= 11 is 0. The van der Waals surface area contributed by atoms with E-state index in [9.17, 15) is 0 Å². The molecule has 0 fully saturated rings. The van der Waals surface area contributed by atoms with Gasteiger partial charge in [-0.05, 0) is 38.0 Å². The quantitative estimate of drug-likeness (QED) is 0.899. The molecule has 106 valence electrons. The lowest BCUT2D eigenvalue weighted by Gasteiger charge is -2.13. The van der Waals surface area contributed by atoms with Crippen molar-refractivity contribution in [2.45, 2.75) is 33.3 Å². The Labute approximate surface area is 119 Å². The first-order valence-electron chi connectivity index (χ1n) is 6.79. The van der Waals surface area contributed by atoms with E-state index in [1.54, 1.807) is 12.1 Å². The lowest BCUT2D eigenvalue weighted by molar-refractivity contribution is 0.232. The zero-order chi connectivity index (χ0) is 14.5. The maximum Gasteiger partial charge on any atom is 0.240 e. The normalized spacial score (nSPS) is 10.6. The van der Waals surface area contributed by atoms with Gasteiger partial charge in [-0.25, -0.2) is 0 Å². The summed E-state index contributed by atoms with van der Waals surface area (Å²) in [4.78, 5) is 4.31. The van der Waals surface area contributed by atoms with Crippen LogP contribution in [-0.4, -0.2) is 11.1 Å². The third-order valence-corrected chi connectivity index (χ3v) is 2.78. The van der Waals surface area contributed by atoms with Crippen molar-refractivity contribution >= 4 is 5.69 Å². The number of hydrogen-bond donors (Lipinski definition) is 1. The lowest BCUT2D eigenvalue weighted by Crippen LogP contribution is -2.09. The Morgan fingerprint density at radius 1 is 1.15 bits per heavy atom. The Morgan fingerprint density at radius 2 is 1.90 bits per heavy atom. The van der Waals surface area contributed by atoms with Crippen molar-refractivity contribution in [2.24, 2.45) is 0 Å². The van der Waals surface area contributed by atoms with Crippen LogP contribution in [0, 0.1) is 0 Å². The number of benzene rings is 1. The van der Waals surface area contributed by atoms with Crippen molar-refractivity contribution in [1.29, 1.82) is 0 Å². The van der Waals surface area contributed by atoms with Crippen molar-refractivity contribution in [2.75, 3.05) is 5.73 Å². The molecular formula is C16H20N2O2. The summed E-state index contributed by atoms with van der Waals surface area (Å²) in [7, 11) is 0. The molecule has 1 heterocycles. The van der Waals surface area contributed by atoms with E-state index in [4.69, 9.17) is 15.2 Å². The summed E-state index contributed by atoms with van der Waals surface area (Å²) < 4.78 is 11.4. The SMILES string of the molecule is CCc1ccccc1Oc1ccc(N)c(OC(C)C)n1. The Bertz CT molecular complexity index is 582. The molecule has 0 aliphatic heterocycles. The number of rotatable bonds is 5. The number of anilines is 1. The van der Waals surface area contributed by atoms with Crippen molar-refractivity contribution in [3.63, 3.8) is 0 Å². The molecular weight excluding hydrogens is 252 g/mol. The van der Waals surface area contributed by atoms with Gasteiger partial charge in [-0.3, -0.25) is 0 Å². The van der Waals surface area contributed by atoms with Gasteiger partial charge in [-0.1, -0.05) is 25.1 Å². The molecule has 0 atom stereocenters. The third-order valence-electron chi connectivity index (χ3n) is 2.78. The van der Waals surface area contributed by atoms with Crippen LogP contribution in [0.15, 0.2) is 36.4 Å². The Kier molecular flexibility index (Phi) is 4.45. The van der Waals surface area contributed by atoms with Crippen molar-refractivity contribution in [3.05, 3.63) is 42.0 Å². The molecule has 0 bridgehead atoms. The average Bonchev–Trinajstić information content (AvgIpc) is 2.42. The van der Waals surface area contributed by atoms with Crippen LogP contribution in [0.3, 0.4) is 0 Å². The van der Waals surface area contributed by atoms with Crippen LogP contribution >= 0.6 is 0 Å². The summed E-state index contributed by atoms with van der Waals surface area (Å²) in [5, 5.41) is 0. The largest absolute Gasteiger partial charge is 0.473 e. The molecule has 1 aromatic carbocycles. The third kappa shape index (κ3) is 3.41. The van der Waals surface area contributed by atoms with Gasteiger partial charge in [0, 0.05) is 6.07 Å². The van der Waals surface area contributed by atoms with Gasteiger partial charge in [0.25, 0.3) is 0 Å². The van der Waals surface area contributed by atoms with Gasteiger partial charge in [0.15, 0.2) is 0 Å². The smallest absolute Gasteiger partial charge is 0.240 e. The summed E-state index contributed by atoms with van der Waals surface area (Å²) in [5.41, 5.74) is 7.49. The fourth-order valence-corrected chi connectivity index (χ4v) is 1.82. The number of hydrogen-bond acceptors (Lipinski definition) is 4. The number of pyridine rings is 1. The summed E-state index contributed by atoms with van der Waals surface area (Å²) in [6, 6.07) is 11.4. The fraction of sp³-hybridized carbons (Fsp3) is 0.312. The molecule has 0 saturated carbocycles. The highest BCUT2D eigenvalue weighted by Gasteiger charge is 2.09. The second kappa shape index (κ2) is 6.28. The Morgan fingerprint density at radius 3 is 2.60 bits per heavy atom. The minimum absolute atomic E-state index is 0.0166. The van der Waals surface area contributed by atoms with Gasteiger partial charge < -0.3 is 15.2 Å². The standard InChI is InChI=1S/C16H20N2O2/c1-4-12-7-5-6-8-14(12)20-15-10-9-13(17)16(18-15)19-11(2)3/h5-11H,4,17H2,1-3H3. The first-order valence-corrected chi connectivity index (χ1v) is 6.79. The van der Waals surface area contributed by atoms with Crippen LogP contribution in [-0.2, 0) is 6.42 Å². The van der Waals surface area contributed by atoms with Crippen LogP contribution < -0.4 is 15.2 Å². The van der Waals surface area contributed by atoms with E-state index in [1.165, 1.54) is 0 Å². The van der Waals surface area contributed by atoms with Gasteiger partial charge in [0.1, 0.15) is 5.75 Å². The fourth-order valence-electron chi connectivity index (χ4n) is 1.82. The molecule has 2 N–H and O–H groups in total. The van der Waals surface area contributed by atoms with Crippen LogP contribution in [0.2, 0.25) is 0 Å². The zero-order valence-corrected chi connectivity index (χ0v) is 12.1. The van der Waals surface area contributed by atoms with Crippen LogP contribution in [0.25, 0.3) is 0 Å². The minimum Gasteiger partial charge on any atom is -0.473 e. The molecule has 2 aromatic rings. The zero-order valence-electron chi connectivity index (χ0n) is 12.1. The topological polar surface area (TPSA) is 57.4 Å². The van der Waals surface area contributed by atoms with E-state index in [1.807, 2.05) is 38.1 Å². The molecule has 0 radical (unpaired) electrons. The van der Waals surface area contributed by atoms with Crippen LogP contribution in [0.1, 0.15) is 26.3 Å². The van der Waals surface area contributed by atoms with Gasteiger partial charge in [0.2, 0.25) is 11.8 Å². The maximum absolute atomic E-state index is 5.84. The molecule has 0 spiro atoms. The highest BCUT2D eigenvalue weighted by atomic mass is 16.5. The summed E-state index contributed by atoms with van der Waals surface area (Å²) in [5.74, 6) is 1.70. The molecule has 4 heteroatoms. The highest BCUT2D eigenvalue weighted by Crippen LogP contribution is 2.28. The van der Waals surface area contributed by atoms with Gasteiger partial charge in [0.05, 0.1) is 11.8 Å². The molecule has 0 aliphatic carbocycles. The first kappa shape index (κ1) is 14.2. The number of para-hydroxylation sites is 1. The molecule has 0 aliphatic rings. The van der Waals surface area contributed by atoms with Crippen LogP contribution in [0.5, 0.6) is 17.5 Å². The number of aryl methyl sites for hydroxylation is 1. The van der Waals surface area contributed by atoms with E-state index in [0.29, 0.717) is 17.4 Å². The minimum atomic E-state index is 0.0166. The Hall–Kier alpha value is -2.23. The second-order valence-corrected chi connectivity index (χ2v) is 4.77. The predicted molar refractivity (Wildman–Crippen MR) is 80.3 cm³/mol. The molecule has 0 unspecified atom stereocenters. The molecule has 20 heavy (non-hydrogen) atoms. The molecule has 2 rings (SSSR count). The van der Waals surface area contributed by atoms with E-state index >= 15 is 0 Å². The van der Waals surface area contributed by atoms with Gasteiger partial charge in [-0.2, -0.15) is 4.98 Å². The number of nitrogen functional groups attached to an aromatic ring is 1. The summed E-state index contributed by atoms with van der Waals surface area (Å²) in [6.45, 7) is 5.95. The van der Waals surface area contributed by atoms with E-state index in [0.717, 1.165) is 17.7 Å². The van der Waals surface area contributed by atoms with Crippen LogP contribution in [0.4, 0.5) is 5.69 Å². The monoisotopic (exact) mass is 272 g/mol. The number of nitrogens with zero attached hydrogens (tertiary/aromatic N) is 1. The van der Waals surface area contributed by atoms with Crippen molar-refractivity contribution in [3.8, 4) is 17.5 Å².